The molecule has 32 heavy (non-hydrogen) atoms. The lowest BCUT2D eigenvalue weighted by Crippen LogP contribution is -2.38. The highest BCUT2D eigenvalue weighted by atomic mass is 32.1. The van der Waals surface area contributed by atoms with Crippen molar-refractivity contribution in [3.05, 3.63) is 74.4 Å². The summed E-state index contributed by atoms with van der Waals surface area (Å²) >= 11 is 1.45. The molecular weight excluding hydrogens is 422 g/mol. The summed E-state index contributed by atoms with van der Waals surface area (Å²) in [4.78, 5) is 31.3. The molecule has 6 rings (SSSR count). The predicted octanol–water partition coefficient (Wildman–Crippen LogP) is 3.57. The number of fused-ring (bicyclic) bond motifs is 6. The molecule has 7 heteroatoms. The molecule has 0 saturated carbocycles. The second kappa shape index (κ2) is 7.60. The molecule has 1 N–H and O–H groups in total. The molecule has 164 valence electrons. The molecule has 3 heterocycles. The van der Waals surface area contributed by atoms with Crippen molar-refractivity contribution >= 4 is 31.6 Å². The Labute approximate surface area is 189 Å². The third-order valence-electron chi connectivity index (χ3n) is 7.20. The molecule has 0 amide bonds. The van der Waals surface area contributed by atoms with E-state index in [4.69, 9.17) is 4.74 Å². The minimum Gasteiger partial charge on any atom is -0.497 e. The summed E-state index contributed by atoms with van der Waals surface area (Å²) in [6.07, 6.45) is 2.26. The first-order chi connectivity index (χ1) is 15.6. The molecule has 1 saturated heterocycles. The summed E-state index contributed by atoms with van der Waals surface area (Å²) < 4.78 is 8.42. The fourth-order valence-electron chi connectivity index (χ4n) is 5.57. The van der Waals surface area contributed by atoms with Crippen LogP contribution in [0.5, 0.6) is 5.75 Å². The fourth-order valence-corrected chi connectivity index (χ4v) is 6.68. The Kier molecular flexibility index (Phi) is 4.69. The lowest BCUT2D eigenvalue weighted by Gasteiger charge is -2.27. The van der Waals surface area contributed by atoms with Crippen LogP contribution in [0.1, 0.15) is 23.5 Å². The number of H-pyrrole nitrogens is 1. The van der Waals surface area contributed by atoms with Gasteiger partial charge < -0.3 is 14.6 Å². The summed E-state index contributed by atoms with van der Waals surface area (Å²) in [7, 11) is 1.71. The van der Waals surface area contributed by atoms with Crippen LogP contribution in [0, 0.1) is 5.92 Å². The SMILES string of the molecule is COc1ccc2c(c1)CC[C@H]1CN(CCn3c(=O)[nH]c4c(sc5ccccc54)c3=O)C[C@@H]21. The van der Waals surface area contributed by atoms with Gasteiger partial charge in [-0.05, 0) is 48.1 Å². The molecule has 0 bridgehead atoms. The highest BCUT2D eigenvalue weighted by Crippen LogP contribution is 2.42. The van der Waals surface area contributed by atoms with Gasteiger partial charge in [-0.1, -0.05) is 24.3 Å². The number of ether oxygens (including phenoxy) is 1. The highest BCUT2D eigenvalue weighted by Gasteiger charge is 2.37. The van der Waals surface area contributed by atoms with Crippen LogP contribution in [0.15, 0.2) is 52.1 Å². The molecule has 2 atom stereocenters. The lowest BCUT2D eigenvalue weighted by atomic mass is 9.77. The molecule has 1 fully saturated rings. The van der Waals surface area contributed by atoms with E-state index < -0.39 is 0 Å². The maximum Gasteiger partial charge on any atom is 0.328 e. The van der Waals surface area contributed by atoms with Crippen LogP contribution in [0.25, 0.3) is 20.3 Å². The van der Waals surface area contributed by atoms with E-state index in [2.05, 4.69) is 28.1 Å². The van der Waals surface area contributed by atoms with Crippen LogP contribution >= 0.6 is 11.3 Å². The van der Waals surface area contributed by atoms with Crippen molar-refractivity contribution in [3.8, 4) is 5.75 Å². The number of methoxy groups -OCH3 is 1. The molecule has 1 aliphatic heterocycles. The van der Waals surface area contributed by atoms with E-state index in [0.717, 1.165) is 35.3 Å². The van der Waals surface area contributed by atoms with Crippen molar-refractivity contribution < 1.29 is 4.74 Å². The Morgan fingerprint density at radius 2 is 2.00 bits per heavy atom. The first-order valence-corrected chi connectivity index (χ1v) is 12.0. The number of hydrogen-bond donors (Lipinski definition) is 1. The Bertz CT molecular complexity index is 1450. The number of hydrogen-bond acceptors (Lipinski definition) is 5. The minimum atomic E-state index is -0.319. The van der Waals surface area contributed by atoms with Crippen LogP contribution in [0.4, 0.5) is 0 Å². The number of aryl methyl sites for hydroxylation is 1. The van der Waals surface area contributed by atoms with Gasteiger partial charge in [-0.3, -0.25) is 9.36 Å². The van der Waals surface area contributed by atoms with Gasteiger partial charge in [0.15, 0.2) is 0 Å². The molecular formula is C25H25N3O3S. The van der Waals surface area contributed by atoms with Crippen molar-refractivity contribution in [2.75, 3.05) is 26.7 Å². The number of thiophene rings is 1. The quantitative estimate of drug-likeness (QED) is 0.519. The van der Waals surface area contributed by atoms with E-state index in [1.54, 1.807) is 7.11 Å². The topological polar surface area (TPSA) is 67.3 Å². The van der Waals surface area contributed by atoms with Gasteiger partial charge in [0.2, 0.25) is 0 Å². The van der Waals surface area contributed by atoms with Crippen molar-refractivity contribution in [1.29, 1.82) is 0 Å². The summed E-state index contributed by atoms with van der Waals surface area (Å²) in [5, 5.41) is 0.938. The third-order valence-corrected chi connectivity index (χ3v) is 8.36. The molecule has 2 aromatic carbocycles. The van der Waals surface area contributed by atoms with E-state index in [1.807, 2.05) is 24.3 Å². The van der Waals surface area contributed by atoms with Gasteiger partial charge in [-0.25, -0.2) is 4.79 Å². The van der Waals surface area contributed by atoms with Gasteiger partial charge in [-0.15, -0.1) is 11.3 Å². The van der Waals surface area contributed by atoms with E-state index in [1.165, 1.54) is 33.5 Å². The zero-order valence-electron chi connectivity index (χ0n) is 18.0. The van der Waals surface area contributed by atoms with E-state index >= 15 is 0 Å². The van der Waals surface area contributed by atoms with E-state index in [0.29, 0.717) is 35.1 Å². The molecule has 2 aromatic heterocycles. The maximum atomic E-state index is 13.1. The van der Waals surface area contributed by atoms with Crippen LogP contribution in [-0.2, 0) is 13.0 Å². The zero-order chi connectivity index (χ0) is 21.8. The molecule has 6 nitrogen and oxygen atoms in total. The standard InChI is InChI=1S/C25H25N3O3S/c1-31-17-8-9-18-15(12-17)6-7-16-13-27(14-20(16)18)10-11-28-24(29)23-22(26-25(28)30)19-4-2-3-5-21(19)32-23/h2-5,8-9,12,16,20H,6-7,10-11,13-14H2,1H3,(H,26,30)/t16-,20+/m0/s1. The first kappa shape index (κ1) is 19.8. The average Bonchev–Trinajstić information content (AvgIpc) is 3.40. The number of likely N-dealkylation sites (tertiary alicyclic amines) is 1. The molecule has 0 unspecified atom stereocenters. The summed E-state index contributed by atoms with van der Waals surface area (Å²) in [6, 6.07) is 14.3. The Hall–Kier alpha value is -2.90. The van der Waals surface area contributed by atoms with Crippen LogP contribution < -0.4 is 16.0 Å². The van der Waals surface area contributed by atoms with Crippen molar-refractivity contribution in [2.45, 2.75) is 25.3 Å². The van der Waals surface area contributed by atoms with Crippen molar-refractivity contribution in [2.24, 2.45) is 5.92 Å². The molecule has 0 radical (unpaired) electrons. The normalized spacial score (nSPS) is 20.5. The van der Waals surface area contributed by atoms with Gasteiger partial charge in [0, 0.05) is 42.2 Å². The Balaban J connectivity index is 1.24. The lowest BCUT2D eigenvalue weighted by molar-refractivity contribution is 0.303. The molecule has 2 aliphatic rings. The average molecular weight is 448 g/mol. The van der Waals surface area contributed by atoms with E-state index in [-0.39, 0.29) is 11.2 Å². The van der Waals surface area contributed by atoms with Crippen molar-refractivity contribution in [1.82, 2.24) is 14.5 Å². The largest absolute Gasteiger partial charge is 0.497 e. The van der Waals surface area contributed by atoms with Gasteiger partial charge in [0.25, 0.3) is 5.56 Å². The summed E-state index contributed by atoms with van der Waals surface area (Å²) in [5.41, 5.74) is 3.00. The second-order valence-electron chi connectivity index (χ2n) is 8.92. The molecule has 0 spiro atoms. The maximum absolute atomic E-state index is 13.1. The smallest absolute Gasteiger partial charge is 0.328 e. The second-order valence-corrected chi connectivity index (χ2v) is 9.97. The fraction of sp³-hybridized carbons (Fsp3) is 0.360. The number of rotatable bonds is 4. The number of nitrogens with zero attached hydrogens (tertiary/aromatic N) is 2. The summed E-state index contributed by atoms with van der Waals surface area (Å²) in [5.74, 6) is 2.08. The predicted molar refractivity (Wildman–Crippen MR) is 128 cm³/mol. The zero-order valence-corrected chi connectivity index (χ0v) is 18.8. The minimum absolute atomic E-state index is 0.181. The first-order valence-electron chi connectivity index (χ1n) is 11.2. The number of nitrogens with one attached hydrogen (secondary N) is 1. The van der Waals surface area contributed by atoms with Crippen LogP contribution in [0.2, 0.25) is 0 Å². The van der Waals surface area contributed by atoms with Crippen LogP contribution in [0.3, 0.4) is 0 Å². The van der Waals surface area contributed by atoms with Gasteiger partial charge in [-0.2, -0.15) is 0 Å². The number of benzene rings is 2. The Morgan fingerprint density at radius 3 is 2.88 bits per heavy atom. The number of aromatic nitrogens is 2. The number of aromatic amines is 1. The van der Waals surface area contributed by atoms with E-state index in [9.17, 15) is 9.59 Å². The van der Waals surface area contributed by atoms with Gasteiger partial charge >= 0.3 is 5.69 Å². The molecule has 4 aromatic rings. The molecule has 1 aliphatic carbocycles. The summed E-state index contributed by atoms with van der Waals surface area (Å²) in [6.45, 7) is 3.11. The monoisotopic (exact) mass is 447 g/mol. The third kappa shape index (κ3) is 3.11. The van der Waals surface area contributed by atoms with Crippen molar-refractivity contribution in [3.63, 3.8) is 0 Å². The van der Waals surface area contributed by atoms with Crippen LogP contribution in [-0.4, -0.2) is 41.2 Å². The van der Waals surface area contributed by atoms with Gasteiger partial charge in [0.05, 0.1) is 12.6 Å². The Morgan fingerprint density at radius 1 is 1.12 bits per heavy atom. The van der Waals surface area contributed by atoms with Gasteiger partial charge in [0.1, 0.15) is 10.4 Å². The highest BCUT2D eigenvalue weighted by molar-refractivity contribution is 7.25.